The minimum Gasteiger partial charge on any atom is -0.493 e. The lowest BCUT2D eigenvalue weighted by atomic mass is 10.2. The lowest BCUT2D eigenvalue weighted by Gasteiger charge is -2.06. The molecule has 0 bridgehead atoms. The summed E-state index contributed by atoms with van der Waals surface area (Å²) < 4.78 is 21.1. The summed E-state index contributed by atoms with van der Waals surface area (Å²) in [6.45, 7) is 0. The number of rotatable bonds is 4. The lowest BCUT2D eigenvalue weighted by Crippen LogP contribution is -1.91. The van der Waals surface area contributed by atoms with Gasteiger partial charge in [0.2, 0.25) is 0 Å². The van der Waals surface area contributed by atoms with Gasteiger partial charge in [0.1, 0.15) is 11.4 Å². The van der Waals surface area contributed by atoms with Crippen LogP contribution in [-0.2, 0) is 0 Å². The van der Waals surface area contributed by atoms with Gasteiger partial charge in [0.05, 0.1) is 28.4 Å². The van der Waals surface area contributed by atoms with Gasteiger partial charge in [-0.05, 0) is 60.4 Å². The first kappa shape index (κ1) is 20.6. The van der Waals surface area contributed by atoms with Gasteiger partial charge in [-0.3, -0.25) is 0 Å². The summed E-state index contributed by atoms with van der Waals surface area (Å²) >= 11 is 0. The standard InChI is InChI=1S/C25H21NO4/c1-27-22-14-10-18(16-24(22)29-3)8-12-20-6-5-7-21(26-20)13-9-19-11-15-23(28-2)25(17-19)30-4/h5-7,10-11,14-17H,1-4H3. The second-order valence-electron chi connectivity index (χ2n) is 6.05. The molecule has 0 saturated carbocycles. The Morgan fingerprint density at radius 3 is 1.37 bits per heavy atom. The SMILES string of the molecule is COc1ccc(C#Cc2cccc(C#Cc3ccc(OC)c(OC)c3)n2)cc1OC. The molecule has 3 rings (SSSR count). The minimum absolute atomic E-state index is 0.629. The maximum atomic E-state index is 5.31. The van der Waals surface area contributed by atoms with Crippen LogP contribution >= 0.6 is 0 Å². The van der Waals surface area contributed by atoms with Crippen LogP contribution in [0.3, 0.4) is 0 Å². The van der Waals surface area contributed by atoms with E-state index in [0.717, 1.165) is 11.1 Å². The van der Waals surface area contributed by atoms with E-state index in [1.807, 2.05) is 54.6 Å². The Bertz CT molecular complexity index is 1070. The quantitative estimate of drug-likeness (QED) is 0.623. The van der Waals surface area contributed by atoms with Crippen LogP contribution in [0, 0.1) is 23.7 Å². The van der Waals surface area contributed by atoms with Crippen LogP contribution in [-0.4, -0.2) is 33.4 Å². The van der Waals surface area contributed by atoms with Crippen LogP contribution in [0.2, 0.25) is 0 Å². The van der Waals surface area contributed by atoms with Crippen molar-refractivity contribution < 1.29 is 18.9 Å². The molecule has 1 aromatic heterocycles. The zero-order chi connectivity index (χ0) is 21.3. The third-order valence-corrected chi connectivity index (χ3v) is 4.19. The highest BCUT2D eigenvalue weighted by Gasteiger charge is 2.04. The average Bonchev–Trinajstić information content (AvgIpc) is 2.81. The van der Waals surface area contributed by atoms with E-state index in [2.05, 4.69) is 28.7 Å². The molecule has 3 aromatic rings. The number of nitrogens with zero attached hydrogens (tertiary/aromatic N) is 1. The average molecular weight is 399 g/mol. The molecule has 30 heavy (non-hydrogen) atoms. The summed E-state index contributed by atoms with van der Waals surface area (Å²) in [5, 5.41) is 0. The van der Waals surface area contributed by atoms with E-state index < -0.39 is 0 Å². The topological polar surface area (TPSA) is 49.8 Å². The van der Waals surface area contributed by atoms with Crippen LogP contribution < -0.4 is 18.9 Å². The molecular weight excluding hydrogens is 378 g/mol. The van der Waals surface area contributed by atoms with Crippen molar-refractivity contribution in [1.29, 1.82) is 0 Å². The molecule has 0 atom stereocenters. The number of ether oxygens (including phenoxy) is 4. The van der Waals surface area contributed by atoms with Gasteiger partial charge in [-0.2, -0.15) is 0 Å². The molecule has 0 aliphatic rings. The summed E-state index contributed by atoms with van der Waals surface area (Å²) in [5.74, 6) is 14.9. The Kier molecular flexibility index (Phi) is 6.82. The van der Waals surface area contributed by atoms with Crippen molar-refractivity contribution in [2.45, 2.75) is 0 Å². The van der Waals surface area contributed by atoms with Gasteiger partial charge in [-0.1, -0.05) is 17.9 Å². The molecule has 0 fully saturated rings. The number of hydrogen-bond acceptors (Lipinski definition) is 5. The Labute approximate surface area is 176 Å². The van der Waals surface area contributed by atoms with Crippen molar-refractivity contribution in [1.82, 2.24) is 4.98 Å². The summed E-state index contributed by atoms with van der Waals surface area (Å²) in [4.78, 5) is 4.50. The number of pyridine rings is 1. The molecule has 5 heteroatoms. The second-order valence-corrected chi connectivity index (χ2v) is 6.05. The minimum atomic E-state index is 0.629. The van der Waals surface area contributed by atoms with E-state index in [0.29, 0.717) is 34.4 Å². The van der Waals surface area contributed by atoms with Gasteiger partial charge in [-0.25, -0.2) is 4.98 Å². The van der Waals surface area contributed by atoms with Crippen molar-refractivity contribution >= 4 is 0 Å². The van der Waals surface area contributed by atoms with E-state index in [9.17, 15) is 0 Å². The number of hydrogen-bond donors (Lipinski definition) is 0. The van der Waals surface area contributed by atoms with Crippen LogP contribution in [0.5, 0.6) is 23.0 Å². The summed E-state index contributed by atoms with van der Waals surface area (Å²) in [7, 11) is 6.39. The van der Waals surface area contributed by atoms with Crippen LogP contribution in [0.15, 0.2) is 54.6 Å². The highest BCUT2D eigenvalue weighted by atomic mass is 16.5. The van der Waals surface area contributed by atoms with Crippen molar-refractivity contribution in [2.75, 3.05) is 28.4 Å². The molecule has 150 valence electrons. The van der Waals surface area contributed by atoms with E-state index in [1.165, 1.54) is 0 Å². The molecule has 0 amide bonds. The molecule has 0 N–H and O–H groups in total. The largest absolute Gasteiger partial charge is 0.493 e. The molecule has 0 spiro atoms. The molecule has 0 saturated heterocycles. The van der Waals surface area contributed by atoms with E-state index >= 15 is 0 Å². The zero-order valence-corrected chi connectivity index (χ0v) is 17.3. The normalized spacial score (nSPS) is 9.47. The lowest BCUT2D eigenvalue weighted by molar-refractivity contribution is 0.355. The molecule has 0 radical (unpaired) electrons. The fourth-order valence-electron chi connectivity index (χ4n) is 2.67. The molecule has 5 nitrogen and oxygen atoms in total. The Morgan fingerprint density at radius 1 is 0.533 bits per heavy atom. The first-order valence-corrected chi connectivity index (χ1v) is 9.12. The van der Waals surface area contributed by atoms with Gasteiger partial charge in [0.15, 0.2) is 23.0 Å². The summed E-state index contributed by atoms with van der Waals surface area (Å²) in [6.07, 6.45) is 0. The number of aromatic nitrogens is 1. The predicted octanol–water partition coefficient (Wildman–Crippen LogP) is 3.92. The van der Waals surface area contributed by atoms with Gasteiger partial charge in [0, 0.05) is 11.1 Å². The molecule has 0 aliphatic heterocycles. The highest BCUT2D eigenvalue weighted by molar-refractivity contribution is 5.51. The van der Waals surface area contributed by atoms with E-state index in [4.69, 9.17) is 18.9 Å². The highest BCUT2D eigenvalue weighted by Crippen LogP contribution is 2.28. The van der Waals surface area contributed by atoms with Gasteiger partial charge in [-0.15, -0.1) is 0 Å². The summed E-state index contributed by atoms with van der Waals surface area (Å²) in [5.41, 5.74) is 2.86. The van der Waals surface area contributed by atoms with Gasteiger partial charge in [0.25, 0.3) is 0 Å². The zero-order valence-electron chi connectivity index (χ0n) is 17.3. The predicted molar refractivity (Wildman–Crippen MR) is 115 cm³/mol. The Balaban J connectivity index is 1.82. The fraction of sp³-hybridized carbons (Fsp3) is 0.160. The van der Waals surface area contributed by atoms with Crippen molar-refractivity contribution in [2.24, 2.45) is 0 Å². The first-order chi connectivity index (χ1) is 14.7. The summed E-state index contributed by atoms with van der Waals surface area (Å²) in [6, 6.07) is 16.6. The molecule has 0 unspecified atom stereocenters. The van der Waals surface area contributed by atoms with Crippen LogP contribution in [0.1, 0.15) is 22.5 Å². The Morgan fingerprint density at radius 2 is 0.967 bits per heavy atom. The van der Waals surface area contributed by atoms with Crippen molar-refractivity contribution in [3.8, 4) is 46.7 Å². The van der Waals surface area contributed by atoms with E-state index in [1.54, 1.807) is 28.4 Å². The third kappa shape index (κ3) is 5.04. The number of methoxy groups -OCH3 is 4. The fourth-order valence-corrected chi connectivity index (χ4v) is 2.67. The molecule has 1 heterocycles. The second kappa shape index (κ2) is 9.91. The van der Waals surface area contributed by atoms with Crippen LogP contribution in [0.4, 0.5) is 0 Å². The van der Waals surface area contributed by atoms with Crippen molar-refractivity contribution in [3.05, 3.63) is 77.1 Å². The van der Waals surface area contributed by atoms with Gasteiger partial charge >= 0.3 is 0 Å². The molecule has 2 aromatic carbocycles. The maximum absolute atomic E-state index is 5.31. The smallest absolute Gasteiger partial charge is 0.161 e. The van der Waals surface area contributed by atoms with Crippen LogP contribution in [0.25, 0.3) is 0 Å². The third-order valence-electron chi connectivity index (χ3n) is 4.19. The van der Waals surface area contributed by atoms with Crippen molar-refractivity contribution in [3.63, 3.8) is 0 Å². The molecule has 0 aliphatic carbocycles. The Hall–Kier alpha value is -4.09. The monoisotopic (exact) mass is 399 g/mol. The maximum Gasteiger partial charge on any atom is 0.161 e. The molecular formula is C25H21NO4. The first-order valence-electron chi connectivity index (χ1n) is 9.12. The van der Waals surface area contributed by atoms with E-state index in [-0.39, 0.29) is 0 Å². The van der Waals surface area contributed by atoms with Gasteiger partial charge < -0.3 is 18.9 Å². The number of benzene rings is 2.